The van der Waals surface area contributed by atoms with Crippen LogP contribution >= 0.6 is 0 Å². The molecule has 0 radical (unpaired) electrons. The van der Waals surface area contributed by atoms with Gasteiger partial charge in [0, 0.05) is 32.7 Å². The number of benzene rings is 1. The molecule has 1 fully saturated rings. The van der Waals surface area contributed by atoms with Gasteiger partial charge in [-0.05, 0) is 12.5 Å². The summed E-state index contributed by atoms with van der Waals surface area (Å²) in [6.07, 6.45) is 0.193. The van der Waals surface area contributed by atoms with Crippen LogP contribution in [0.15, 0.2) is 30.3 Å². The van der Waals surface area contributed by atoms with Crippen molar-refractivity contribution in [1.29, 1.82) is 0 Å². The van der Waals surface area contributed by atoms with Crippen LogP contribution in [0.25, 0.3) is 0 Å². The Bertz CT molecular complexity index is 302. The lowest BCUT2D eigenvalue weighted by Gasteiger charge is -2.36. The van der Waals surface area contributed by atoms with Crippen LogP contribution in [0, 0.1) is 0 Å². The minimum Gasteiger partial charge on any atom is -0.316 e. The van der Waals surface area contributed by atoms with Crippen LogP contribution in [0.4, 0.5) is 0 Å². The van der Waals surface area contributed by atoms with Crippen LogP contribution in [-0.4, -0.2) is 42.1 Å². The normalized spacial score (nSPS) is 20.9. The first-order chi connectivity index (χ1) is 7.75. The quantitative estimate of drug-likeness (QED) is 0.826. The summed E-state index contributed by atoms with van der Waals surface area (Å²) >= 11 is 0. The van der Waals surface area contributed by atoms with E-state index in [2.05, 4.69) is 47.1 Å². The SMILES string of the molecule is CC(N)N1CCN(Cc2ccccc2)CC1. The maximum Gasteiger partial charge on any atom is 0.0543 e. The Hall–Kier alpha value is -0.900. The van der Waals surface area contributed by atoms with Crippen molar-refractivity contribution in [3.8, 4) is 0 Å². The van der Waals surface area contributed by atoms with Crippen LogP contribution in [0.2, 0.25) is 0 Å². The second-order valence-corrected chi connectivity index (χ2v) is 4.54. The fraction of sp³-hybridized carbons (Fsp3) is 0.538. The van der Waals surface area contributed by atoms with Gasteiger partial charge in [-0.2, -0.15) is 0 Å². The molecule has 1 unspecified atom stereocenters. The van der Waals surface area contributed by atoms with Gasteiger partial charge in [0.1, 0.15) is 0 Å². The lowest BCUT2D eigenvalue weighted by atomic mass is 10.2. The molecule has 1 heterocycles. The Labute approximate surface area is 97.8 Å². The molecular weight excluding hydrogens is 198 g/mol. The average Bonchev–Trinajstić information content (AvgIpc) is 2.31. The van der Waals surface area contributed by atoms with Gasteiger partial charge in [-0.1, -0.05) is 30.3 Å². The maximum absolute atomic E-state index is 5.87. The molecule has 0 bridgehead atoms. The van der Waals surface area contributed by atoms with Gasteiger partial charge in [-0.3, -0.25) is 9.80 Å². The molecular formula is C13H21N3. The van der Waals surface area contributed by atoms with Gasteiger partial charge in [-0.15, -0.1) is 0 Å². The van der Waals surface area contributed by atoms with E-state index >= 15 is 0 Å². The average molecular weight is 219 g/mol. The van der Waals surface area contributed by atoms with Gasteiger partial charge in [0.15, 0.2) is 0 Å². The summed E-state index contributed by atoms with van der Waals surface area (Å²) in [5.74, 6) is 0. The summed E-state index contributed by atoms with van der Waals surface area (Å²) in [5, 5.41) is 0. The molecule has 0 spiro atoms. The summed E-state index contributed by atoms with van der Waals surface area (Å²) < 4.78 is 0. The zero-order valence-electron chi connectivity index (χ0n) is 9.97. The van der Waals surface area contributed by atoms with Crippen molar-refractivity contribution in [2.24, 2.45) is 5.73 Å². The highest BCUT2D eigenvalue weighted by Gasteiger charge is 2.18. The smallest absolute Gasteiger partial charge is 0.0543 e. The summed E-state index contributed by atoms with van der Waals surface area (Å²) in [6, 6.07) is 10.7. The Kier molecular flexibility index (Phi) is 3.93. The molecule has 88 valence electrons. The van der Waals surface area contributed by atoms with Crippen LogP contribution in [-0.2, 0) is 6.54 Å². The minimum atomic E-state index is 0.193. The van der Waals surface area contributed by atoms with Gasteiger partial charge < -0.3 is 5.73 Å². The first-order valence-corrected chi connectivity index (χ1v) is 6.01. The van der Waals surface area contributed by atoms with Gasteiger partial charge in [-0.25, -0.2) is 0 Å². The van der Waals surface area contributed by atoms with E-state index in [9.17, 15) is 0 Å². The van der Waals surface area contributed by atoms with E-state index in [0.29, 0.717) is 0 Å². The summed E-state index contributed by atoms with van der Waals surface area (Å²) in [4.78, 5) is 4.83. The summed E-state index contributed by atoms with van der Waals surface area (Å²) in [5.41, 5.74) is 7.27. The van der Waals surface area contributed by atoms with E-state index in [1.807, 2.05) is 0 Å². The zero-order valence-corrected chi connectivity index (χ0v) is 9.97. The molecule has 2 rings (SSSR count). The first-order valence-electron chi connectivity index (χ1n) is 6.01. The third-order valence-corrected chi connectivity index (χ3v) is 3.23. The van der Waals surface area contributed by atoms with Crippen LogP contribution in [0.3, 0.4) is 0 Å². The maximum atomic E-state index is 5.87. The molecule has 0 amide bonds. The molecule has 1 atom stereocenters. The zero-order chi connectivity index (χ0) is 11.4. The highest BCUT2D eigenvalue weighted by atomic mass is 15.3. The third-order valence-electron chi connectivity index (χ3n) is 3.23. The molecule has 2 N–H and O–H groups in total. The Morgan fingerprint density at radius 2 is 1.75 bits per heavy atom. The largest absolute Gasteiger partial charge is 0.316 e. The number of hydrogen-bond acceptors (Lipinski definition) is 3. The predicted octanol–water partition coefficient (Wildman–Crippen LogP) is 1.11. The highest BCUT2D eigenvalue weighted by molar-refractivity contribution is 5.14. The Morgan fingerprint density at radius 1 is 1.12 bits per heavy atom. The van der Waals surface area contributed by atoms with E-state index in [1.54, 1.807) is 0 Å². The molecule has 1 aliphatic rings. The van der Waals surface area contributed by atoms with Gasteiger partial charge in [0.2, 0.25) is 0 Å². The minimum absolute atomic E-state index is 0.193. The van der Waals surface area contributed by atoms with Crippen molar-refractivity contribution in [1.82, 2.24) is 9.80 Å². The fourth-order valence-electron chi connectivity index (χ4n) is 2.17. The highest BCUT2D eigenvalue weighted by Crippen LogP contribution is 2.08. The van der Waals surface area contributed by atoms with Crippen molar-refractivity contribution in [3.05, 3.63) is 35.9 Å². The van der Waals surface area contributed by atoms with E-state index in [1.165, 1.54) is 5.56 Å². The fourth-order valence-corrected chi connectivity index (χ4v) is 2.17. The van der Waals surface area contributed by atoms with Gasteiger partial charge in [0.05, 0.1) is 6.17 Å². The lowest BCUT2D eigenvalue weighted by Crippen LogP contribution is -2.51. The summed E-state index contributed by atoms with van der Waals surface area (Å²) in [6.45, 7) is 7.54. The van der Waals surface area contributed by atoms with Crippen LogP contribution in [0.1, 0.15) is 12.5 Å². The molecule has 0 aliphatic carbocycles. The standard InChI is InChI=1S/C13H21N3/c1-12(14)16-9-7-15(8-10-16)11-13-5-3-2-4-6-13/h2-6,12H,7-11,14H2,1H3. The first kappa shape index (κ1) is 11.6. The van der Waals surface area contributed by atoms with Crippen molar-refractivity contribution in [2.45, 2.75) is 19.6 Å². The molecule has 0 aromatic heterocycles. The molecule has 3 nitrogen and oxygen atoms in total. The molecule has 1 aromatic carbocycles. The number of nitrogens with two attached hydrogens (primary N) is 1. The number of hydrogen-bond donors (Lipinski definition) is 1. The van der Waals surface area contributed by atoms with Crippen molar-refractivity contribution >= 4 is 0 Å². The van der Waals surface area contributed by atoms with Gasteiger partial charge >= 0.3 is 0 Å². The molecule has 1 aromatic rings. The van der Waals surface area contributed by atoms with Crippen LogP contribution in [0.5, 0.6) is 0 Å². The monoisotopic (exact) mass is 219 g/mol. The second-order valence-electron chi connectivity index (χ2n) is 4.54. The molecule has 16 heavy (non-hydrogen) atoms. The molecule has 3 heteroatoms. The van der Waals surface area contributed by atoms with E-state index in [4.69, 9.17) is 5.73 Å². The predicted molar refractivity (Wildman–Crippen MR) is 66.9 cm³/mol. The number of rotatable bonds is 3. The number of nitrogens with zero attached hydrogens (tertiary/aromatic N) is 2. The number of piperazine rings is 1. The molecule has 1 aliphatic heterocycles. The topological polar surface area (TPSA) is 32.5 Å². The van der Waals surface area contributed by atoms with Crippen molar-refractivity contribution in [3.63, 3.8) is 0 Å². The Morgan fingerprint density at radius 3 is 2.31 bits per heavy atom. The van der Waals surface area contributed by atoms with Crippen molar-refractivity contribution < 1.29 is 0 Å². The van der Waals surface area contributed by atoms with E-state index < -0.39 is 0 Å². The van der Waals surface area contributed by atoms with Crippen molar-refractivity contribution in [2.75, 3.05) is 26.2 Å². The third kappa shape index (κ3) is 3.04. The molecule has 0 saturated carbocycles. The van der Waals surface area contributed by atoms with E-state index in [-0.39, 0.29) is 6.17 Å². The second kappa shape index (κ2) is 5.43. The van der Waals surface area contributed by atoms with Crippen LogP contribution < -0.4 is 5.73 Å². The molecule has 1 saturated heterocycles. The van der Waals surface area contributed by atoms with E-state index in [0.717, 1.165) is 32.7 Å². The summed E-state index contributed by atoms with van der Waals surface area (Å²) in [7, 11) is 0. The lowest BCUT2D eigenvalue weighted by molar-refractivity contribution is 0.1000. The Balaban J connectivity index is 1.82. The van der Waals surface area contributed by atoms with Gasteiger partial charge in [0.25, 0.3) is 0 Å².